The van der Waals surface area contributed by atoms with Crippen molar-refractivity contribution >= 4 is 5.97 Å². The van der Waals surface area contributed by atoms with Crippen molar-refractivity contribution in [3.63, 3.8) is 0 Å². The molecule has 2 heteroatoms. The summed E-state index contributed by atoms with van der Waals surface area (Å²) < 4.78 is 5.12. The van der Waals surface area contributed by atoms with Crippen molar-refractivity contribution in [2.24, 2.45) is 11.3 Å². The summed E-state index contributed by atoms with van der Waals surface area (Å²) in [6, 6.07) is 13.3. The van der Waals surface area contributed by atoms with Crippen LogP contribution in [0.15, 0.2) is 36.4 Å². The number of aryl methyl sites for hydroxylation is 1. The molecule has 3 fully saturated rings. The standard InChI is InChI=1S/C21H20O2/c1-12-7-16-15-6-4-3-5-13(15)9-17(16)18(8-12)19-14-10-21(19,11-14)20(22)23-2/h3-8,14,19H,9-11H2,1-2H3. The number of benzene rings is 2. The van der Waals surface area contributed by atoms with Crippen molar-refractivity contribution in [3.8, 4) is 11.1 Å². The molecule has 4 aliphatic rings. The fourth-order valence-corrected chi connectivity index (χ4v) is 5.23. The van der Waals surface area contributed by atoms with Crippen LogP contribution in [-0.4, -0.2) is 13.1 Å². The van der Waals surface area contributed by atoms with Crippen LogP contribution in [0.4, 0.5) is 0 Å². The molecule has 2 bridgehead atoms. The molecule has 0 amide bonds. The summed E-state index contributed by atoms with van der Waals surface area (Å²) in [5.74, 6) is 1.04. The molecule has 0 N–H and O–H groups in total. The van der Waals surface area contributed by atoms with Crippen LogP contribution in [-0.2, 0) is 16.0 Å². The number of fused-ring (bicyclic) bond motifs is 3. The summed E-state index contributed by atoms with van der Waals surface area (Å²) in [4.78, 5) is 12.3. The van der Waals surface area contributed by atoms with Crippen LogP contribution in [0.25, 0.3) is 11.1 Å². The lowest BCUT2D eigenvalue weighted by atomic mass is 9.36. The molecule has 23 heavy (non-hydrogen) atoms. The lowest BCUT2D eigenvalue weighted by molar-refractivity contribution is -0.198. The Morgan fingerprint density at radius 2 is 1.96 bits per heavy atom. The monoisotopic (exact) mass is 304 g/mol. The molecule has 1 unspecified atom stereocenters. The third-order valence-electron chi connectivity index (χ3n) is 6.35. The van der Waals surface area contributed by atoms with Gasteiger partial charge in [-0.3, -0.25) is 4.79 Å². The second-order valence-electron chi connectivity index (χ2n) is 7.51. The zero-order chi connectivity index (χ0) is 15.8. The average Bonchev–Trinajstić information content (AvgIpc) is 2.84. The van der Waals surface area contributed by atoms with Crippen LogP contribution in [0.5, 0.6) is 0 Å². The highest BCUT2D eigenvalue weighted by atomic mass is 16.5. The van der Waals surface area contributed by atoms with Gasteiger partial charge in [0.15, 0.2) is 0 Å². The number of carbonyl (C=O) groups excluding carboxylic acids is 1. The molecule has 0 radical (unpaired) electrons. The van der Waals surface area contributed by atoms with Gasteiger partial charge in [-0.25, -0.2) is 0 Å². The fraction of sp³-hybridized carbons (Fsp3) is 0.381. The van der Waals surface area contributed by atoms with Crippen molar-refractivity contribution in [2.45, 2.75) is 32.1 Å². The van der Waals surface area contributed by atoms with Crippen molar-refractivity contribution in [1.82, 2.24) is 0 Å². The Kier molecular flexibility index (Phi) is 2.47. The molecular weight excluding hydrogens is 284 g/mol. The van der Waals surface area contributed by atoms with Crippen molar-refractivity contribution in [3.05, 3.63) is 58.7 Å². The summed E-state index contributed by atoms with van der Waals surface area (Å²) in [5.41, 5.74) is 8.07. The minimum atomic E-state index is -0.226. The lowest BCUT2D eigenvalue weighted by Gasteiger charge is -2.66. The number of rotatable bonds is 2. The van der Waals surface area contributed by atoms with Crippen molar-refractivity contribution < 1.29 is 9.53 Å². The van der Waals surface area contributed by atoms with Gasteiger partial charge in [-0.1, -0.05) is 42.0 Å². The Bertz CT molecular complexity index is 843. The van der Waals surface area contributed by atoms with E-state index in [1.165, 1.54) is 40.5 Å². The lowest BCUT2D eigenvalue weighted by Crippen LogP contribution is -2.64. The maximum absolute atomic E-state index is 12.3. The minimum Gasteiger partial charge on any atom is -0.469 e. The van der Waals surface area contributed by atoms with Crippen LogP contribution in [0.3, 0.4) is 0 Å². The smallest absolute Gasteiger partial charge is 0.312 e. The Morgan fingerprint density at radius 3 is 2.65 bits per heavy atom. The average molecular weight is 304 g/mol. The molecular formula is C21H20O2. The maximum Gasteiger partial charge on any atom is 0.312 e. The van der Waals surface area contributed by atoms with Gasteiger partial charge < -0.3 is 4.74 Å². The molecule has 0 aromatic heterocycles. The Morgan fingerprint density at radius 1 is 1.17 bits per heavy atom. The molecule has 0 aliphatic heterocycles. The topological polar surface area (TPSA) is 26.3 Å². The first kappa shape index (κ1) is 13.4. The summed E-state index contributed by atoms with van der Waals surface area (Å²) in [5, 5.41) is 0. The molecule has 2 aromatic rings. The zero-order valence-electron chi connectivity index (χ0n) is 13.6. The Labute approximate surface area is 136 Å². The van der Waals surface area contributed by atoms with E-state index in [9.17, 15) is 4.79 Å². The SMILES string of the molecule is COC(=O)C12CC(C1)C2c1cc(C)cc2c1Cc1ccccc1-2. The largest absolute Gasteiger partial charge is 0.469 e. The van der Waals surface area contributed by atoms with Gasteiger partial charge in [0.2, 0.25) is 0 Å². The van der Waals surface area contributed by atoms with E-state index in [0.717, 1.165) is 19.3 Å². The van der Waals surface area contributed by atoms with E-state index in [1.54, 1.807) is 0 Å². The van der Waals surface area contributed by atoms with E-state index in [0.29, 0.717) is 11.8 Å². The second kappa shape index (κ2) is 4.25. The van der Waals surface area contributed by atoms with Crippen LogP contribution in [0, 0.1) is 18.3 Å². The van der Waals surface area contributed by atoms with E-state index in [-0.39, 0.29) is 11.4 Å². The van der Waals surface area contributed by atoms with Crippen LogP contribution in [0.1, 0.15) is 41.0 Å². The van der Waals surface area contributed by atoms with Crippen LogP contribution >= 0.6 is 0 Å². The van der Waals surface area contributed by atoms with Gasteiger partial charge in [0.05, 0.1) is 12.5 Å². The highest BCUT2D eigenvalue weighted by molar-refractivity contribution is 5.85. The molecule has 4 aliphatic carbocycles. The number of methoxy groups -OCH3 is 1. The number of hydrogen-bond acceptors (Lipinski definition) is 2. The minimum absolute atomic E-state index is 0.00392. The maximum atomic E-state index is 12.3. The van der Waals surface area contributed by atoms with E-state index < -0.39 is 0 Å². The van der Waals surface area contributed by atoms with Crippen LogP contribution in [0.2, 0.25) is 0 Å². The van der Waals surface area contributed by atoms with Gasteiger partial charge in [-0.15, -0.1) is 0 Å². The molecule has 0 spiro atoms. The predicted molar refractivity (Wildman–Crippen MR) is 89.3 cm³/mol. The normalized spacial score (nSPS) is 29.1. The quantitative estimate of drug-likeness (QED) is 0.662. The molecule has 2 aromatic carbocycles. The highest BCUT2D eigenvalue weighted by Crippen LogP contribution is 2.74. The first-order valence-electron chi connectivity index (χ1n) is 8.44. The molecule has 6 rings (SSSR count). The first-order valence-corrected chi connectivity index (χ1v) is 8.44. The number of esters is 1. The van der Waals surface area contributed by atoms with Crippen LogP contribution < -0.4 is 0 Å². The van der Waals surface area contributed by atoms with E-state index >= 15 is 0 Å². The van der Waals surface area contributed by atoms with Gasteiger partial charge in [0.1, 0.15) is 0 Å². The zero-order valence-corrected chi connectivity index (χ0v) is 13.6. The summed E-state index contributed by atoms with van der Waals surface area (Å²) in [6.45, 7) is 2.17. The van der Waals surface area contributed by atoms with Gasteiger partial charge >= 0.3 is 5.97 Å². The van der Waals surface area contributed by atoms with Gasteiger partial charge in [-0.05, 0) is 59.9 Å². The molecule has 3 saturated carbocycles. The number of ether oxygens (including phenoxy) is 1. The third-order valence-corrected chi connectivity index (χ3v) is 6.35. The van der Waals surface area contributed by atoms with Gasteiger partial charge in [0.25, 0.3) is 0 Å². The van der Waals surface area contributed by atoms with Gasteiger partial charge in [-0.2, -0.15) is 0 Å². The highest BCUT2D eigenvalue weighted by Gasteiger charge is 2.71. The fourth-order valence-electron chi connectivity index (χ4n) is 5.23. The first-order chi connectivity index (χ1) is 11.1. The van der Waals surface area contributed by atoms with Crippen molar-refractivity contribution in [1.29, 1.82) is 0 Å². The summed E-state index contributed by atoms with van der Waals surface area (Å²) >= 11 is 0. The molecule has 2 nitrogen and oxygen atoms in total. The molecule has 0 heterocycles. The Balaban J connectivity index is 1.65. The van der Waals surface area contributed by atoms with Crippen molar-refractivity contribution in [2.75, 3.05) is 7.11 Å². The number of carbonyl (C=O) groups is 1. The van der Waals surface area contributed by atoms with E-state index in [4.69, 9.17) is 4.74 Å². The predicted octanol–water partition coefficient (Wildman–Crippen LogP) is 4.23. The third kappa shape index (κ3) is 1.52. The van der Waals surface area contributed by atoms with E-state index in [1.807, 2.05) is 0 Å². The molecule has 0 saturated heterocycles. The summed E-state index contributed by atoms with van der Waals surface area (Å²) in [7, 11) is 1.52. The second-order valence-corrected chi connectivity index (χ2v) is 7.51. The number of hydrogen-bond donors (Lipinski definition) is 0. The Hall–Kier alpha value is -2.09. The molecule has 116 valence electrons. The van der Waals surface area contributed by atoms with Gasteiger partial charge in [0, 0.05) is 5.92 Å². The van der Waals surface area contributed by atoms with E-state index in [2.05, 4.69) is 43.3 Å². The summed E-state index contributed by atoms with van der Waals surface area (Å²) in [6.07, 6.45) is 3.03. The molecule has 1 atom stereocenters.